The van der Waals surface area contributed by atoms with Crippen LogP contribution in [0.25, 0.3) is 0 Å². The monoisotopic (exact) mass is 524 g/mol. The number of unbranched alkanes of at least 4 members (excludes halogenated alkanes) is 16. The van der Waals surface area contributed by atoms with Gasteiger partial charge >= 0.3 is 0 Å². The minimum atomic E-state index is 0.0230. The van der Waals surface area contributed by atoms with Crippen LogP contribution in [-0.2, 0) is 14.3 Å². The zero-order chi connectivity index (χ0) is 27.4. The van der Waals surface area contributed by atoms with E-state index < -0.39 is 0 Å². The van der Waals surface area contributed by atoms with E-state index in [2.05, 4.69) is 27.7 Å². The normalized spacial score (nSPS) is 11.1. The van der Waals surface area contributed by atoms with Gasteiger partial charge in [0.05, 0.1) is 0 Å². The van der Waals surface area contributed by atoms with E-state index in [0.717, 1.165) is 51.9 Å². The molecule has 2 amide bonds. The molecule has 0 bridgehead atoms. The average molecular weight is 525 g/mol. The summed E-state index contributed by atoms with van der Waals surface area (Å²) in [5, 5.41) is 0. The van der Waals surface area contributed by atoms with Crippen LogP contribution < -0.4 is 0 Å². The van der Waals surface area contributed by atoms with E-state index >= 15 is 0 Å². The Morgan fingerprint density at radius 1 is 0.405 bits per heavy atom. The van der Waals surface area contributed by atoms with Crippen molar-refractivity contribution in [2.45, 2.75) is 156 Å². The highest BCUT2D eigenvalue weighted by Crippen LogP contribution is 2.10. The number of rotatable bonds is 28. The molecule has 0 saturated carbocycles. The van der Waals surface area contributed by atoms with Crippen molar-refractivity contribution in [2.24, 2.45) is 0 Å². The lowest BCUT2D eigenvalue weighted by Crippen LogP contribution is -2.39. The quantitative estimate of drug-likeness (QED) is 0.0963. The summed E-state index contributed by atoms with van der Waals surface area (Å²) in [5.74, 6) is 0.0894. The predicted molar refractivity (Wildman–Crippen MR) is 159 cm³/mol. The lowest BCUT2D eigenvalue weighted by molar-refractivity contribution is -0.142. The molecule has 0 unspecified atom stereocenters. The fourth-order valence-corrected chi connectivity index (χ4v) is 4.76. The Balaban J connectivity index is 4.59. The molecule has 0 rings (SSSR count). The van der Waals surface area contributed by atoms with Crippen LogP contribution in [0.15, 0.2) is 0 Å². The largest absolute Gasteiger partial charge is 0.362 e. The summed E-state index contributed by atoms with van der Waals surface area (Å²) in [4.78, 5) is 29.9. The Labute approximate surface area is 231 Å². The van der Waals surface area contributed by atoms with E-state index in [9.17, 15) is 9.59 Å². The van der Waals surface area contributed by atoms with Gasteiger partial charge in [-0.1, -0.05) is 130 Å². The highest BCUT2D eigenvalue weighted by atomic mass is 16.5. The van der Waals surface area contributed by atoms with Crippen molar-refractivity contribution < 1.29 is 14.3 Å². The molecule has 0 saturated heterocycles. The van der Waals surface area contributed by atoms with Crippen molar-refractivity contribution in [3.05, 3.63) is 0 Å². The van der Waals surface area contributed by atoms with Crippen LogP contribution in [0.2, 0.25) is 0 Å². The Bertz CT molecular complexity index is 484. The second-order valence-corrected chi connectivity index (χ2v) is 10.9. The summed E-state index contributed by atoms with van der Waals surface area (Å²) in [6.45, 7) is 12.2. The van der Waals surface area contributed by atoms with Crippen molar-refractivity contribution in [1.82, 2.24) is 9.80 Å². The Morgan fingerprint density at radius 2 is 0.649 bits per heavy atom. The average Bonchev–Trinajstić information content (AvgIpc) is 2.90. The lowest BCUT2D eigenvalue weighted by Gasteiger charge is -2.24. The van der Waals surface area contributed by atoms with Crippen LogP contribution in [0.5, 0.6) is 0 Å². The number of hydrogen-bond donors (Lipinski definition) is 0. The number of carbonyl (C=O) groups is 2. The number of hydrogen-bond acceptors (Lipinski definition) is 3. The Kier molecular flexibility index (Phi) is 27.1. The van der Waals surface area contributed by atoms with Gasteiger partial charge in [-0.3, -0.25) is 9.59 Å². The molecule has 37 heavy (non-hydrogen) atoms. The molecule has 0 fully saturated rings. The van der Waals surface area contributed by atoms with Gasteiger partial charge in [0.15, 0.2) is 0 Å². The van der Waals surface area contributed by atoms with Crippen LogP contribution in [-0.4, -0.2) is 61.0 Å². The predicted octanol–water partition coefficient (Wildman–Crippen LogP) is 8.54. The van der Waals surface area contributed by atoms with Gasteiger partial charge in [-0.15, -0.1) is 0 Å². The molecule has 0 spiro atoms. The van der Waals surface area contributed by atoms with Crippen LogP contribution in [0.1, 0.15) is 156 Å². The summed E-state index contributed by atoms with van der Waals surface area (Å²) in [7, 11) is 0. The first-order valence-electron chi connectivity index (χ1n) is 16.2. The Morgan fingerprint density at radius 3 is 0.946 bits per heavy atom. The maximum absolute atomic E-state index is 13.0. The van der Waals surface area contributed by atoms with Gasteiger partial charge in [-0.2, -0.15) is 0 Å². The molecule has 0 aromatic heterocycles. The third-order valence-corrected chi connectivity index (χ3v) is 7.28. The van der Waals surface area contributed by atoms with E-state index in [0.29, 0.717) is 0 Å². The zero-order valence-electron chi connectivity index (χ0n) is 25.5. The second kappa shape index (κ2) is 27.9. The van der Waals surface area contributed by atoms with Gasteiger partial charge in [0.1, 0.15) is 13.2 Å². The van der Waals surface area contributed by atoms with Crippen LogP contribution in [0.3, 0.4) is 0 Å². The molecule has 0 aliphatic heterocycles. The van der Waals surface area contributed by atoms with Crippen molar-refractivity contribution >= 4 is 11.8 Å². The number of ether oxygens (including phenoxy) is 1. The second-order valence-electron chi connectivity index (χ2n) is 10.9. The summed E-state index contributed by atoms with van der Waals surface area (Å²) in [6, 6.07) is 0. The topological polar surface area (TPSA) is 49.9 Å². The smallest absolute Gasteiger partial charge is 0.248 e. The van der Waals surface area contributed by atoms with E-state index in [-0.39, 0.29) is 25.0 Å². The summed E-state index contributed by atoms with van der Waals surface area (Å²) >= 11 is 0. The van der Waals surface area contributed by atoms with Gasteiger partial charge < -0.3 is 14.5 Å². The first kappa shape index (κ1) is 35.9. The third kappa shape index (κ3) is 22.6. The number of amides is 2. The molecular formula is C32H64N2O3. The third-order valence-electron chi connectivity index (χ3n) is 7.28. The first-order valence-corrected chi connectivity index (χ1v) is 16.2. The van der Waals surface area contributed by atoms with Crippen LogP contribution in [0.4, 0.5) is 0 Å². The first-order chi connectivity index (χ1) is 18.1. The van der Waals surface area contributed by atoms with E-state index in [1.807, 2.05) is 9.80 Å². The molecule has 220 valence electrons. The fraction of sp³-hybridized carbons (Fsp3) is 0.938. The van der Waals surface area contributed by atoms with Crippen molar-refractivity contribution in [3.8, 4) is 0 Å². The zero-order valence-corrected chi connectivity index (χ0v) is 25.5. The lowest BCUT2D eigenvalue weighted by atomic mass is 10.1. The van der Waals surface area contributed by atoms with Gasteiger partial charge in [-0.25, -0.2) is 0 Å². The van der Waals surface area contributed by atoms with Gasteiger partial charge in [0.25, 0.3) is 0 Å². The minimum Gasteiger partial charge on any atom is -0.362 e. The summed E-state index contributed by atoms with van der Waals surface area (Å²) < 4.78 is 5.71. The van der Waals surface area contributed by atoms with Gasteiger partial charge in [-0.05, 0) is 25.7 Å². The molecule has 0 aromatic carbocycles. The van der Waals surface area contributed by atoms with Gasteiger partial charge in [0, 0.05) is 26.2 Å². The van der Waals surface area contributed by atoms with Crippen LogP contribution >= 0.6 is 0 Å². The molecular weight excluding hydrogens is 460 g/mol. The highest BCUT2D eigenvalue weighted by Gasteiger charge is 2.17. The van der Waals surface area contributed by atoms with E-state index in [1.54, 1.807) is 0 Å². The molecule has 0 N–H and O–H groups in total. The van der Waals surface area contributed by atoms with Gasteiger partial charge in [0.2, 0.25) is 11.8 Å². The number of carbonyl (C=O) groups excluding carboxylic acids is 2. The molecule has 0 heterocycles. The summed E-state index contributed by atoms with van der Waals surface area (Å²) in [5.41, 5.74) is 0. The maximum Gasteiger partial charge on any atom is 0.248 e. The molecule has 0 atom stereocenters. The number of nitrogens with zero attached hydrogens (tertiary/aromatic N) is 2. The fourth-order valence-electron chi connectivity index (χ4n) is 4.76. The SMILES string of the molecule is CCCCCCCCN(CCCCCCCC)C(=O)COCC(=O)N(CCCCCC)CCCCCC. The van der Waals surface area contributed by atoms with E-state index in [4.69, 9.17) is 4.74 Å². The molecule has 0 aliphatic carbocycles. The van der Waals surface area contributed by atoms with Crippen molar-refractivity contribution in [1.29, 1.82) is 0 Å². The molecule has 5 nitrogen and oxygen atoms in total. The minimum absolute atomic E-state index is 0.0230. The molecule has 0 aliphatic rings. The summed E-state index contributed by atoms with van der Waals surface area (Å²) in [6.07, 6.45) is 24.0. The molecule has 5 heteroatoms. The Hall–Kier alpha value is -1.10. The molecule has 0 radical (unpaired) electrons. The van der Waals surface area contributed by atoms with E-state index in [1.165, 1.54) is 103 Å². The highest BCUT2D eigenvalue weighted by molar-refractivity contribution is 5.79. The van der Waals surface area contributed by atoms with Crippen molar-refractivity contribution in [2.75, 3.05) is 39.4 Å². The molecule has 0 aromatic rings. The standard InChI is InChI=1S/C32H64N2O3/c1-5-9-13-17-19-23-27-34(28-24-20-18-14-10-6-2)32(36)30-37-29-31(35)33(25-21-15-11-7-3)26-22-16-12-8-4/h5-30H2,1-4H3. The maximum atomic E-state index is 13.0. The van der Waals surface area contributed by atoms with Crippen molar-refractivity contribution in [3.63, 3.8) is 0 Å². The van der Waals surface area contributed by atoms with Crippen LogP contribution in [0, 0.1) is 0 Å².